The highest BCUT2D eigenvalue weighted by molar-refractivity contribution is 7.10. The Bertz CT molecular complexity index is 278. The van der Waals surface area contributed by atoms with Crippen LogP contribution in [0.15, 0.2) is 17.5 Å². The third-order valence-electron chi connectivity index (χ3n) is 3.36. The Kier molecular flexibility index (Phi) is 3.78. The van der Waals surface area contributed by atoms with Crippen LogP contribution in [0.2, 0.25) is 0 Å². The van der Waals surface area contributed by atoms with Crippen LogP contribution in [0.3, 0.4) is 0 Å². The average molecular weight is 224 g/mol. The van der Waals surface area contributed by atoms with Gasteiger partial charge >= 0.3 is 0 Å². The lowest BCUT2D eigenvalue weighted by Crippen LogP contribution is -2.36. The SMILES string of the molecule is CCC(c1cccs1)N(C)C1CCNC1. The number of likely N-dealkylation sites (N-methyl/N-ethyl adjacent to an activating group) is 1. The van der Waals surface area contributed by atoms with Crippen LogP contribution < -0.4 is 5.32 Å². The molecular weight excluding hydrogens is 204 g/mol. The second kappa shape index (κ2) is 5.10. The van der Waals surface area contributed by atoms with Crippen molar-refractivity contribution in [3.05, 3.63) is 22.4 Å². The fourth-order valence-corrected chi connectivity index (χ4v) is 3.37. The summed E-state index contributed by atoms with van der Waals surface area (Å²) in [5.74, 6) is 0. The fourth-order valence-electron chi connectivity index (χ4n) is 2.41. The normalized spacial score (nSPS) is 23.5. The average Bonchev–Trinajstić information content (AvgIpc) is 2.91. The van der Waals surface area contributed by atoms with E-state index in [1.54, 1.807) is 0 Å². The summed E-state index contributed by atoms with van der Waals surface area (Å²) in [5.41, 5.74) is 0. The Hall–Kier alpha value is -0.380. The maximum absolute atomic E-state index is 3.44. The molecule has 15 heavy (non-hydrogen) atoms. The van der Waals surface area contributed by atoms with E-state index in [1.807, 2.05) is 11.3 Å². The summed E-state index contributed by atoms with van der Waals surface area (Å²) in [4.78, 5) is 4.05. The van der Waals surface area contributed by atoms with Crippen molar-refractivity contribution in [2.45, 2.75) is 31.8 Å². The van der Waals surface area contributed by atoms with Crippen LogP contribution in [0.25, 0.3) is 0 Å². The van der Waals surface area contributed by atoms with Crippen LogP contribution in [0.1, 0.15) is 30.7 Å². The molecule has 0 aromatic carbocycles. The lowest BCUT2D eigenvalue weighted by Gasteiger charge is -2.31. The van der Waals surface area contributed by atoms with Gasteiger partial charge in [-0.2, -0.15) is 0 Å². The largest absolute Gasteiger partial charge is 0.315 e. The van der Waals surface area contributed by atoms with Crippen LogP contribution in [0, 0.1) is 0 Å². The third kappa shape index (κ3) is 2.41. The molecule has 1 fully saturated rings. The number of thiophene rings is 1. The van der Waals surface area contributed by atoms with Crippen LogP contribution >= 0.6 is 11.3 Å². The van der Waals surface area contributed by atoms with Gasteiger partial charge in [-0.25, -0.2) is 0 Å². The first-order valence-electron chi connectivity index (χ1n) is 5.79. The Balaban J connectivity index is 2.05. The Morgan fingerprint density at radius 2 is 2.53 bits per heavy atom. The summed E-state index contributed by atoms with van der Waals surface area (Å²) in [7, 11) is 2.27. The van der Waals surface area contributed by atoms with Gasteiger partial charge in [-0.3, -0.25) is 4.90 Å². The standard InChI is InChI=1S/C12H20N2S/c1-3-11(12-5-4-8-15-12)14(2)10-6-7-13-9-10/h4-5,8,10-11,13H,3,6-7,9H2,1-2H3. The Morgan fingerprint density at radius 3 is 3.07 bits per heavy atom. The minimum Gasteiger partial charge on any atom is -0.315 e. The van der Waals surface area contributed by atoms with Gasteiger partial charge in [0.2, 0.25) is 0 Å². The van der Waals surface area contributed by atoms with Gasteiger partial charge in [0.15, 0.2) is 0 Å². The number of rotatable bonds is 4. The lowest BCUT2D eigenvalue weighted by atomic mass is 10.1. The molecule has 2 atom stereocenters. The van der Waals surface area contributed by atoms with Crippen LogP contribution in [0.5, 0.6) is 0 Å². The monoisotopic (exact) mass is 224 g/mol. The molecule has 84 valence electrons. The Morgan fingerprint density at radius 1 is 1.67 bits per heavy atom. The highest BCUT2D eigenvalue weighted by Crippen LogP contribution is 2.29. The van der Waals surface area contributed by atoms with Gasteiger partial charge in [-0.05, 0) is 37.9 Å². The van der Waals surface area contributed by atoms with Gasteiger partial charge in [-0.1, -0.05) is 13.0 Å². The number of hydrogen-bond donors (Lipinski definition) is 1. The summed E-state index contributed by atoms with van der Waals surface area (Å²) in [6, 6.07) is 5.74. The molecule has 0 radical (unpaired) electrons. The van der Waals surface area contributed by atoms with E-state index in [9.17, 15) is 0 Å². The van der Waals surface area contributed by atoms with Crippen molar-refractivity contribution in [1.82, 2.24) is 10.2 Å². The quantitative estimate of drug-likeness (QED) is 0.845. The topological polar surface area (TPSA) is 15.3 Å². The molecule has 2 rings (SSSR count). The van der Waals surface area contributed by atoms with Gasteiger partial charge in [0, 0.05) is 23.5 Å². The molecule has 0 aliphatic carbocycles. The molecule has 2 nitrogen and oxygen atoms in total. The smallest absolute Gasteiger partial charge is 0.0439 e. The molecule has 0 bridgehead atoms. The molecule has 2 unspecified atom stereocenters. The van der Waals surface area contributed by atoms with Gasteiger partial charge in [0.25, 0.3) is 0 Å². The maximum atomic E-state index is 3.44. The van der Waals surface area contributed by atoms with E-state index in [2.05, 4.69) is 41.7 Å². The molecule has 1 N–H and O–H groups in total. The minimum absolute atomic E-state index is 0.606. The minimum atomic E-state index is 0.606. The van der Waals surface area contributed by atoms with E-state index >= 15 is 0 Å². The second-order valence-electron chi connectivity index (χ2n) is 4.25. The van der Waals surface area contributed by atoms with Crippen molar-refractivity contribution >= 4 is 11.3 Å². The van der Waals surface area contributed by atoms with Crippen LogP contribution in [-0.4, -0.2) is 31.1 Å². The van der Waals surface area contributed by atoms with E-state index in [0.29, 0.717) is 6.04 Å². The van der Waals surface area contributed by atoms with Gasteiger partial charge < -0.3 is 5.32 Å². The van der Waals surface area contributed by atoms with Crippen molar-refractivity contribution in [3.63, 3.8) is 0 Å². The summed E-state index contributed by atoms with van der Waals surface area (Å²) in [6.45, 7) is 4.61. The van der Waals surface area contributed by atoms with Crippen molar-refractivity contribution in [2.24, 2.45) is 0 Å². The maximum Gasteiger partial charge on any atom is 0.0439 e. The van der Waals surface area contributed by atoms with E-state index in [1.165, 1.54) is 24.3 Å². The Labute approximate surface area is 96.3 Å². The zero-order chi connectivity index (χ0) is 10.7. The first-order chi connectivity index (χ1) is 7.33. The molecular formula is C12H20N2S. The molecule has 1 aromatic heterocycles. The second-order valence-corrected chi connectivity index (χ2v) is 5.23. The summed E-state index contributed by atoms with van der Waals surface area (Å²) in [6.07, 6.45) is 2.49. The molecule has 0 saturated carbocycles. The third-order valence-corrected chi connectivity index (χ3v) is 4.33. The first-order valence-corrected chi connectivity index (χ1v) is 6.67. The predicted molar refractivity (Wildman–Crippen MR) is 66.4 cm³/mol. The van der Waals surface area contributed by atoms with Crippen molar-refractivity contribution < 1.29 is 0 Å². The fraction of sp³-hybridized carbons (Fsp3) is 0.667. The first kappa shape index (κ1) is 11.1. The molecule has 0 spiro atoms. The van der Waals surface area contributed by atoms with Crippen molar-refractivity contribution in [2.75, 3.05) is 20.1 Å². The summed E-state index contributed by atoms with van der Waals surface area (Å²) in [5, 5.41) is 5.62. The molecule has 2 heterocycles. The van der Waals surface area contributed by atoms with Gasteiger partial charge in [0.05, 0.1) is 0 Å². The molecule has 1 aliphatic heterocycles. The highest BCUT2D eigenvalue weighted by Gasteiger charge is 2.25. The van der Waals surface area contributed by atoms with E-state index in [0.717, 1.165) is 12.6 Å². The summed E-state index contributed by atoms with van der Waals surface area (Å²) >= 11 is 1.88. The zero-order valence-electron chi connectivity index (χ0n) is 9.57. The number of hydrogen-bond acceptors (Lipinski definition) is 3. The molecule has 1 aromatic rings. The van der Waals surface area contributed by atoms with Crippen molar-refractivity contribution in [1.29, 1.82) is 0 Å². The van der Waals surface area contributed by atoms with Gasteiger partial charge in [-0.15, -0.1) is 11.3 Å². The molecule has 1 aliphatic rings. The highest BCUT2D eigenvalue weighted by atomic mass is 32.1. The number of nitrogens with one attached hydrogen (secondary N) is 1. The molecule has 0 amide bonds. The molecule has 3 heteroatoms. The van der Waals surface area contributed by atoms with Crippen LogP contribution in [-0.2, 0) is 0 Å². The number of nitrogens with zero attached hydrogens (tertiary/aromatic N) is 1. The van der Waals surface area contributed by atoms with E-state index in [-0.39, 0.29) is 0 Å². The van der Waals surface area contributed by atoms with Gasteiger partial charge in [0.1, 0.15) is 0 Å². The van der Waals surface area contributed by atoms with E-state index in [4.69, 9.17) is 0 Å². The summed E-state index contributed by atoms with van der Waals surface area (Å²) < 4.78 is 0. The molecule has 1 saturated heterocycles. The van der Waals surface area contributed by atoms with Crippen LogP contribution in [0.4, 0.5) is 0 Å². The predicted octanol–water partition coefficient (Wildman–Crippen LogP) is 2.49. The van der Waals surface area contributed by atoms with E-state index < -0.39 is 0 Å². The lowest BCUT2D eigenvalue weighted by molar-refractivity contribution is 0.182. The van der Waals surface area contributed by atoms with Crippen molar-refractivity contribution in [3.8, 4) is 0 Å². The zero-order valence-corrected chi connectivity index (χ0v) is 10.4.